The molecule has 0 aliphatic carbocycles. The summed E-state index contributed by atoms with van der Waals surface area (Å²) in [5, 5.41) is 0.260. The summed E-state index contributed by atoms with van der Waals surface area (Å²) in [7, 11) is -3.49. The van der Waals surface area contributed by atoms with Crippen molar-refractivity contribution in [2.75, 3.05) is 13.1 Å². The second kappa shape index (κ2) is 6.65. The zero-order chi connectivity index (χ0) is 14.9. The molecule has 0 radical (unpaired) electrons. The van der Waals surface area contributed by atoms with Crippen LogP contribution in [0.1, 0.15) is 19.8 Å². The van der Waals surface area contributed by atoms with Gasteiger partial charge < -0.3 is 0 Å². The van der Waals surface area contributed by atoms with Crippen molar-refractivity contribution in [1.29, 1.82) is 0 Å². The quantitative estimate of drug-likeness (QED) is 0.651. The lowest BCUT2D eigenvalue weighted by Crippen LogP contribution is -2.40. The predicted octanol–water partition coefficient (Wildman–Crippen LogP) is 4.29. The van der Waals surface area contributed by atoms with Gasteiger partial charge in [0.05, 0.1) is 5.02 Å². The lowest BCUT2D eigenvalue weighted by molar-refractivity contribution is 0.275. The van der Waals surface area contributed by atoms with Crippen molar-refractivity contribution in [3.05, 3.63) is 27.7 Å². The van der Waals surface area contributed by atoms with E-state index < -0.39 is 10.0 Å². The van der Waals surface area contributed by atoms with Gasteiger partial charge in [-0.3, -0.25) is 0 Å². The van der Waals surface area contributed by atoms with Crippen LogP contribution < -0.4 is 0 Å². The smallest absolute Gasteiger partial charge is 0.207 e. The van der Waals surface area contributed by atoms with Crippen LogP contribution in [0.15, 0.2) is 27.6 Å². The minimum absolute atomic E-state index is 0.188. The highest BCUT2D eigenvalue weighted by atomic mass is 79.9. The number of rotatable bonds is 3. The Morgan fingerprint density at radius 2 is 1.95 bits per heavy atom. The molecule has 1 fully saturated rings. The van der Waals surface area contributed by atoms with E-state index >= 15 is 0 Å². The SMILES string of the molecule is CC(Br)C1CCN(S(=O)(=O)c2ccc(Br)cc2Cl)CC1. The molecule has 0 bridgehead atoms. The van der Waals surface area contributed by atoms with Crippen molar-refractivity contribution in [3.8, 4) is 0 Å². The first kappa shape index (κ1) is 16.7. The molecule has 1 unspecified atom stereocenters. The van der Waals surface area contributed by atoms with E-state index in [-0.39, 0.29) is 9.92 Å². The number of nitrogens with zero attached hydrogens (tertiary/aromatic N) is 1. The Kier molecular flexibility index (Phi) is 5.57. The van der Waals surface area contributed by atoms with Crippen LogP contribution in [0.2, 0.25) is 5.02 Å². The van der Waals surface area contributed by atoms with Gasteiger partial charge in [-0.15, -0.1) is 0 Å². The summed E-state index contributed by atoms with van der Waals surface area (Å²) < 4.78 is 27.5. The van der Waals surface area contributed by atoms with Crippen molar-refractivity contribution in [3.63, 3.8) is 0 Å². The Morgan fingerprint density at radius 3 is 2.45 bits per heavy atom. The Morgan fingerprint density at radius 1 is 1.35 bits per heavy atom. The van der Waals surface area contributed by atoms with Crippen LogP contribution in [-0.2, 0) is 10.0 Å². The maximum atomic E-state index is 12.6. The van der Waals surface area contributed by atoms with Crippen molar-refractivity contribution in [2.24, 2.45) is 5.92 Å². The van der Waals surface area contributed by atoms with Crippen LogP contribution in [0.4, 0.5) is 0 Å². The second-order valence-corrected chi connectivity index (χ2v) is 9.67. The molecule has 0 spiro atoms. The monoisotopic (exact) mass is 443 g/mol. The van der Waals surface area contributed by atoms with Crippen molar-refractivity contribution < 1.29 is 8.42 Å². The number of benzene rings is 1. The second-order valence-electron chi connectivity index (χ2n) is 4.99. The summed E-state index contributed by atoms with van der Waals surface area (Å²) in [6.07, 6.45) is 1.75. The standard InChI is InChI=1S/C13H16Br2ClNO2S/c1-9(14)10-4-6-17(7-5-10)20(18,19)13-3-2-11(15)8-12(13)16/h2-3,8-10H,4-7H2,1H3. The number of hydrogen-bond donors (Lipinski definition) is 0. The summed E-state index contributed by atoms with van der Waals surface area (Å²) in [5.74, 6) is 0.529. The molecule has 0 amide bonds. The fourth-order valence-corrected chi connectivity index (χ4v) is 5.41. The number of sulfonamides is 1. The first-order valence-corrected chi connectivity index (χ1v) is 9.94. The van der Waals surface area contributed by atoms with Crippen LogP contribution in [-0.4, -0.2) is 30.6 Å². The van der Waals surface area contributed by atoms with Gasteiger partial charge in [-0.05, 0) is 37.0 Å². The summed E-state index contributed by atoms with van der Waals surface area (Å²) in [4.78, 5) is 0.608. The van der Waals surface area contributed by atoms with Gasteiger partial charge >= 0.3 is 0 Å². The molecule has 0 saturated carbocycles. The molecule has 1 aliphatic heterocycles. The Hall–Kier alpha value is 0.380. The van der Waals surface area contributed by atoms with Crippen LogP contribution in [0.3, 0.4) is 0 Å². The topological polar surface area (TPSA) is 37.4 Å². The maximum absolute atomic E-state index is 12.6. The molecule has 1 aliphatic rings. The van der Waals surface area contributed by atoms with Crippen LogP contribution in [0.25, 0.3) is 0 Å². The highest BCUT2D eigenvalue weighted by Crippen LogP contribution is 2.31. The van der Waals surface area contributed by atoms with E-state index in [0.29, 0.717) is 23.8 Å². The van der Waals surface area contributed by atoms with Crippen molar-refractivity contribution in [2.45, 2.75) is 29.5 Å². The molecule has 1 saturated heterocycles. The van der Waals surface area contributed by atoms with Gasteiger partial charge in [0, 0.05) is 22.4 Å². The van der Waals surface area contributed by atoms with E-state index in [1.165, 1.54) is 4.31 Å². The highest BCUT2D eigenvalue weighted by Gasteiger charge is 2.31. The van der Waals surface area contributed by atoms with E-state index in [9.17, 15) is 8.42 Å². The molecule has 1 aromatic carbocycles. The first-order chi connectivity index (χ1) is 9.32. The Labute approximate surface area is 142 Å². The van der Waals surface area contributed by atoms with E-state index in [0.717, 1.165) is 17.3 Å². The fraction of sp³-hybridized carbons (Fsp3) is 0.538. The molecule has 0 aromatic heterocycles. The van der Waals surface area contributed by atoms with Crippen LogP contribution in [0.5, 0.6) is 0 Å². The molecule has 1 atom stereocenters. The third-order valence-electron chi connectivity index (χ3n) is 3.66. The Balaban J connectivity index is 2.20. The number of piperidine rings is 1. The van der Waals surface area contributed by atoms with Crippen LogP contribution >= 0.6 is 43.5 Å². The molecule has 3 nitrogen and oxygen atoms in total. The molecule has 7 heteroatoms. The van der Waals surface area contributed by atoms with Gasteiger partial charge in [0.25, 0.3) is 0 Å². The molecule has 112 valence electrons. The van der Waals surface area contributed by atoms with Crippen molar-refractivity contribution >= 4 is 53.5 Å². The number of halogens is 3. The lowest BCUT2D eigenvalue weighted by atomic mass is 9.96. The number of alkyl halides is 1. The summed E-state index contributed by atoms with van der Waals surface area (Å²) in [6, 6.07) is 4.87. The van der Waals surface area contributed by atoms with Gasteiger partial charge in [0.2, 0.25) is 10.0 Å². The van der Waals surface area contributed by atoms with Gasteiger partial charge in [-0.1, -0.05) is 50.4 Å². The Bertz CT molecular complexity index is 584. The average molecular weight is 446 g/mol. The molecular formula is C13H16Br2ClNO2S. The minimum atomic E-state index is -3.49. The highest BCUT2D eigenvalue weighted by molar-refractivity contribution is 9.10. The lowest BCUT2D eigenvalue weighted by Gasteiger charge is -2.32. The molecule has 2 rings (SSSR count). The third kappa shape index (κ3) is 3.58. The minimum Gasteiger partial charge on any atom is -0.207 e. The normalized spacial score (nSPS) is 20.0. The molecular weight excluding hydrogens is 429 g/mol. The summed E-state index contributed by atoms with van der Waals surface area (Å²) in [6.45, 7) is 3.21. The van der Waals surface area contributed by atoms with E-state index in [1.54, 1.807) is 18.2 Å². The summed E-state index contributed by atoms with van der Waals surface area (Å²) >= 11 is 12.9. The fourth-order valence-electron chi connectivity index (χ4n) is 2.40. The van der Waals surface area contributed by atoms with E-state index in [4.69, 9.17) is 11.6 Å². The van der Waals surface area contributed by atoms with Gasteiger partial charge in [-0.2, -0.15) is 4.31 Å². The predicted molar refractivity (Wildman–Crippen MR) is 89.0 cm³/mol. The van der Waals surface area contributed by atoms with Crippen molar-refractivity contribution in [1.82, 2.24) is 4.31 Å². The largest absolute Gasteiger partial charge is 0.244 e. The zero-order valence-corrected chi connectivity index (χ0v) is 15.8. The maximum Gasteiger partial charge on any atom is 0.244 e. The molecule has 0 N–H and O–H groups in total. The average Bonchev–Trinajstić information content (AvgIpc) is 2.38. The zero-order valence-electron chi connectivity index (χ0n) is 11.0. The molecule has 1 aromatic rings. The molecule has 1 heterocycles. The van der Waals surface area contributed by atoms with Gasteiger partial charge in [-0.25, -0.2) is 8.42 Å². The molecule has 20 heavy (non-hydrogen) atoms. The number of hydrogen-bond acceptors (Lipinski definition) is 2. The van der Waals surface area contributed by atoms with Crippen LogP contribution in [0, 0.1) is 5.92 Å². The van der Waals surface area contributed by atoms with E-state index in [2.05, 4.69) is 38.8 Å². The third-order valence-corrected chi connectivity index (χ3v) is 7.28. The van der Waals surface area contributed by atoms with Gasteiger partial charge in [0.15, 0.2) is 0 Å². The van der Waals surface area contributed by atoms with E-state index in [1.807, 2.05) is 0 Å². The first-order valence-electron chi connectivity index (χ1n) is 6.41. The summed E-state index contributed by atoms with van der Waals surface area (Å²) in [5.41, 5.74) is 0. The van der Waals surface area contributed by atoms with Gasteiger partial charge in [0.1, 0.15) is 4.90 Å².